The first-order chi connectivity index (χ1) is 7.52. The Hall–Kier alpha value is -0.610. The highest BCUT2D eigenvalue weighted by atomic mass is 16.3. The standard InChI is InChI=1S/C12H24N2O2/c1-3-11(4-2,8-13)10(15)14-9-12(16)6-5-7-12/h16H,3-9,13H2,1-2H3,(H,14,15). The van der Waals surface area contributed by atoms with Crippen molar-refractivity contribution in [2.24, 2.45) is 11.1 Å². The summed E-state index contributed by atoms with van der Waals surface area (Å²) in [6, 6.07) is 0. The molecule has 0 spiro atoms. The fraction of sp³-hybridized carbons (Fsp3) is 0.917. The number of carbonyl (C=O) groups is 1. The van der Waals surface area contributed by atoms with E-state index in [1.165, 1.54) is 0 Å². The Kier molecular flexibility index (Phi) is 4.33. The molecule has 0 saturated heterocycles. The number of rotatable bonds is 6. The molecular formula is C12H24N2O2. The van der Waals surface area contributed by atoms with E-state index in [4.69, 9.17) is 5.73 Å². The smallest absolute Gasteiger partial charge is 0.227 e. The number of hydrogen-bond acceptors (Lipinski definition) is 3. The molecule has 0 radical (unpaired) electrons. The predicted octanol–water partition coefficient (Wildman–Crippen LogP) is 0.783. The lowest BCUT2D eigenvalue weighted by molar-refractivity contribution is -0.133. The minimum Gasteiger partial charge on any atom is -0.388 e. The van der Waals surface area contributed by atoms with Crippen molar-refractivity contribution in [1.29, 1.82) is 0 Å². The summed E-state index contributed by atoms with van der Waals surface area (Å²) in [5.74, 6) is -0.0136. The van der Waals surface area contributed by atoms with E-state index in [0.29, 0.717) is 13.1 Å². The van der Waals surface area contributed by atoms with Crippen LogP contribution in [0.3, 0.4) is 0 Å². The second kappa shape index (κ2) is 5.15. The summed E-state index contributed by atoms with van der Waals surface area (Å²) in [4.78, 5) is 12.0. The van der Waals surface area contributed by atoms with Gasteiger partial charge in [-0.15, -0.1) is 0 Å². The Labute approximate surface area is 97.6 Å². The van der Waals surface area contributed by atoms with Gasteiger partial charge in [0.1, 0.15) is 0 Å². The molecule has 4 heteroatoms. The van der Waals surface area contributed by atoms with E-state index in [9.17, 15) is 9.90 Å². The first kappa shape index (κ1) is 13.5. The Morgan fingerprint density at radius 3 is 2.31 bits per heavy atom. The van der Waals surface area contributed by atoms with E-state index in [2.05, 4.69) is 5.32 Å². The zero-order chi connectivity index (χ0) is 12.2. The average Bonchev–Trinajstić information content (AvgIpc) is 2.27. The Morgan fingerprint density at radius 1 is 1.44 bits per heavy atom. The Morgan fingerprint density at radius 2 is 2.00 bits per heavy atom. The van der Waals surface area contributed by atoms with Crippen molar-refractivity contribution in [3.63, 3.8) is 0 Å². The third-order valence-electron chi connectivity index (χ3n) is 4.09. The van der Waals surface area contributed by atoms with Gasteiger partial charge in [-0.25, -0.2) is 0 Å². The summed E-state index contributed by atoms with van der Waals surface area (Å²) in [6.07, 6.45) is 4.12. The van der Waals surface area contributed by atoms with Crippen LogP contribution in [0.15, 0.2) is 0 Å². The maximum absolute atomic E-state index is 12.0. The van der Waals surface area contributed by atoms with Crippen LogP contribution in [0.1, 0.15) is 46.0 Å². The number of aliphatic hydroxyl groups is 1. The van der Waals surface area contributed by atoms with Gasteiger partial charge in [0.25, 0.3) is 0 Å². The van der Waals surface area contributed by atoms with Crippen LogP contribution in [-0.2, 0) is 4.79 Å². The largest absolute Gasteiger partial charge is 0.388 e. The van der Waals surface area contributed by atoms with Gasteiger partial charge in [0, 0.05) is 13.1 Å². The summed E-state index contributed by atoms with van der Waals surface area (Å²) in [7, 11) is 0. The maximum Gasteiger partial charge on any atom is 0.227 e. The molecule has 0 aliphatic heterocycles. The van der Waals surface area contributed by atoms with Crippen molar-refractivity contribution in [3.8, 4) is 0 Å². The van der Waals surface area contributed by atoms with E-state index in [-0.39, 0.29) is 5.91 Å². The van der Waals surface area contributed by atoms with Gasteiger partial charge in [0.15, 0.2) is 0 Å². The first-order valence-corrected chi connectivity index (χ1v) is 6.23. The average molecular weight is 228 g/mol. The molecule has 1 aliphatic carbocycles. The molecule has 1 aliphatic rings. The third kappa shape index (κ3) is 2.55. The predicted molar refractivity (Wildman–Crippen MR) is 63.9 cm³/mol. The van der Waals surface area contributed by atoms with Gasteiger partial charge in [0.2, 0.25) is 5.91 Å². The molecule has 0 aromatic rings. The molecule has 4 N–H and O–H groups in total. The SMILES string of the molecule is CCC(CC)(CN)C(=O)NCC1(O)CCC1. The zero-order valence-electron chi connectivity index (χ0n) is 10.4. The summed E-state index contributed by atoms with van der Waals surface area (Å²) in [5.41, 5.74) is 4.58. The van der Waals surface area contributed by atoms with E-state index in [1.807, 2.05) is 13.8 Å². The molecular weight excluding hydrogens is 204 g/mol. The van der Waals surface area contributed by atoms with Crippen LogP contribution in [0.5, 0.6) is 0 Å². The quantitative estimate of drug-likeness (QED) is 0.629. The molecule has 0 bridgehead atoms. The highest BCUT2D eigenvalue weighted by molar-refractivity contribution is 5.82. The lowest BCUT2D eigenvalue weighted by Gasteiger charge is -2.38. The highest BCUT2D eigenvalue weighted by Gasteiger charge is 2.38. The van der Waals surface area contributed by atoms with Crippen LogP contribution in [0.25, 0.3) is 0 Å². The molecule has 0 unspecified atom stereocenters. The molecule has 94 valence electrons. The number of carbonyl (C=O) groups excluding carboxylic acids is 1. The molecule has 1 fully saturated rings. The van der Waals surface area contributed by atoms with E-state index >= 15 is 0 Å². The maximum atomic E-state index is 12.0. The molecule has 1 saturated carbocycles. The van der Waals surface area contributed by atoms with E-state index in [0.717, 1.165) is 32.1 Å². The topological polar surface area (TPSA) is 75.4 Å². The van der Waals surface area contributed by atoms with Crippen LogP contribution in [0, 0.1) is 5.41 Å². The van der Waals surface area contributed by atoms with Gasteiger partial charge < -0.3 is 16.2 Å². The van der Waals surface area contributed by atoms with Crippen LogP contribution in [-0.4, -0.2) is 29.7 Å². The molecule has 4 nitrogen and oxygen atoms in total. The zero-order valence-corrected chi connectivity index (χ0v) is 10.4. The summed E-state index contributed by atoms with van der Waals surface area (Å²) in [6.45, 7) is 4.69. The van der Waals surface area contributed by atoms with Crippen molar-refractivity contribution in [2.75, 3.05) is 13.1 Å². The minimum atomic E-state index is -0.655. The second-order valence-electron chi connectivity index (χ2n) is 4.95. The fourth-order valence-electron chi connectivity index (χ4n) is 2.15. The van der Waals surface area contributed by atoms with E-state index in [1.54, 1.807) is 0 Å². The van der Waals surface area contributed by atoms with Gasteiger partial charge in [-0.1, -0.05) is 13.8 Å². The van der Waals surface area contributed by atoms with Crippen molar-refractivity contribution >= 4 is 5.91 Å². The second-order valence-corrected chi connectivity index (χ2v) is 4.95. The molecule has 0 aromatic carbocycles. The van der Waals surface area contributed by atoms with Crippen molar-refractivity contribution in [2.45, 2.75) is 51.6 Å². The normalized spacial score (nSPS) is 19.0. The highest BCUT2D eigenvalue weighted by Crippen LogP contribution is 2.31. The number of hydrogen-bond donors (Lipinski definition) is 3. The fourth-order valence-corrected chi connectivity index (χ4v) is 2.15. The molecule has 0 aromatic heterocycles. The third-order valence-corrected chi connectivity index (χ3v) is 4.09. The Bertz CT molecular complexity index is 237. The molecule has 16 heavy (non-hydrogen) atoms. The first-order valence-electron chi connectivity index (χ1n) is 6.23. The van der Waals surface area contributed by atoms with Crippen LogP contribution >= 0.6 is 0 Å². The van der Waals surface area contributed by atoms with Crippen LogP contribution in [0.4, 0.5) is 0 Å². The monoisotopic (exact) mass is 228 g/mol. The van der Waals surface area contributed by atoms with Gasteiger partial charge in [-0.2, -0.15) is 0 Å². The van der Waals surface area contributed by atoms with Gasteiger partial charge >= 0.3 is 0 Å². The van der Waals surface area contributed by atoms with Crippen molar-refractivity contribution in [1.82, 2.24) is 5.32 Å². The minimum absolute atomic E-state index is 0.0136. The number of nitrogens with two attached hydrogens (primary N) is 1. The number of nitrogens with one attached hydrogen (secondary N) is 1. The van der Waals surface area contributed by atoms with Crippen molar-refractivity contribution < 1.29 is 9.90 Å². The van der Waals surface area contributed by atoms with Crippen LogP contribution in [0.2, 0.25) is 0 Å². The van der Waals surface area contributed by atoms with Crippen molar-refractivity contribution in [3.05, 3.63) is 0 Å². The summed E-state index contributed by atoms with van der Waals surface area (Å²) >= 11 is 0. The molecule has 0 heterocycles. The molecule has 1 rings (SSSR count). The summed E-state index contributed by atoms with van der Waals surface area (Å²) in [5, 5.41) is 12.7. The number of amides is 1. The van der Waals surface area contributed by atoms with Gasteiger partial charge in [-0.05, 0) is 32.1 Å². The lowest BCUT2D eigenvalue weighted by atomic mass is 9.78. The van der Waals surface area contributed by atoms with E-state index < -0.39 is 11.0 Å². The van der Waals surface area contributed by atoms with Gasteiger partial charge in [0.05, 0.1) is 11.0 Å². The summed E-state index contributed by atoms with van der Waals surface area (Å²) < 4.78 is 0. The van der Waals surface area contributed by atoms with Gasteiger partial charge in [-0.3, -0.25) is 4.79 Å². The molecule has 0 atom stereocenters. The van der Waals surface area contributed by atoms with Crippen LogP contribution < -0.4 is 11.1 Å². The molecule has 1 amide bonds. The Balaban J connectivity index is 2.49. The lowest BCUT2D eigenvalue weighted by Crippen LogP contribution is -2.52.